The standard InChI is InChI=1S/C26H20BrFN2O2/c27-22-10-13-25(32-17-20-6-3-5-19-4-1-2-7-24(19)20)21(15-22)16-29-30-26(31)14-18-8-11-23(28)12-9-18/h1-13,15-16H,14,17H2,(H,30,31)/b29-16+. The van der Waals surface area contributed by atoms with E-state index in [-0.39, 0.29) is 18.1 Å². The number of ether oxygens (including phenoxy) is 1. The van der Waals surface area contributed by atoms with Crippen LogP contribution in [0, 0.1) is 5.82 Å². The fourth-order valence-corrected chi connectivity index (χ4v) is 3.71. The topological polar surface area (TPSA) is 50.7 Å². The summed E-state index contributed by atoms with van der Waals surface area (Å²) in [6.07, 6.45) is 1.66. The lowest BCUT2D eigenvalue weighted by Gasteiger charge is -2.11. The first kappa shape index (κ1) is 21.7. The van der Waals surface area contributed by atoms with E-state index in [0.29, 0.717) is 17.9 Å². The predicted octanol–water partition coefficient (Wildman–Crippen LogP) is 6.01. The molecule has 4 aromatic rings. The molecular weight excluding hydrogens is 471 g/mol. The number of halogens is 2. The van der Waals surface area contributed by atoms with Gasteiger partial charge in [0.2, 0.25) is 5.91 Å². The third kappa shape index (κ3) is 5.59. The number of benzene rings is 4. The lowest BCUT2D eigenvalue weighted by atomic mass is 10.1. The summed E-state index contributed by atoms with van der Waals surface area (Å²) in [6.45, 7) is 0.404. The molecule has 4 nitrogen and oxygen atoms in total. The number of hydrogen-bond donors (Lipinski definition) is 1. The zero-order valence-electron chi connectivity index (χ0n) is 17.1. The minimum Gasteiger partial charge on any atom is -0.488 e. The Balaban J connectivity index is 1.43. The number of carbonyl (C=O) groups is 1. The Bertz CT molecular complexity index is 1270. The van der Waals surface area contributed by atoms with Crippen LogP contribution in [0.25, 0.3) is 10.8 Å². The zero-order valence-corrected chi connectivity index (χ0v) is 18.7. The molecule has 0 aliphatic rings. The third-order valence-corrected chi connectivity index (χ3v) is 5.40. The van der Waals surface area contributed by atoms with Gasteiger partial charge >= 0.3 is 0 Å². The Morgan fingerprint density at radius 2 is 1.78 bits per heavy atom. The van der Waals surface area contributed by atoms with Crippen LogP contribution in [0.1, 0.15) is 16.7 Å². The first-order valence-electron chi connectivity index (χ1n) is 10.0. The summed E-state index contributed by atoms with van der Waals surface area (Å²) in [6, 6.07) is 25.7. The van der Waals surface area contributed by atoms with Gasteiger partial charge in [0.15, 0.2) is 0 Å². The molecule has 0 saturated carbocycles. The van der Waals surface area contributed by atoms with Crippen LogP contribution in [0.3, 0.4) is 0 Å². The molecule has 160 valence electrons. The number of fused-ring (bicyclic) bond motifs is 1. The molecule has 0 aliphatic carbocycles. The van der Waals surface area contributed by atoms with Crippen molar-refractivity contribution in [3.8, 4) is 5.75 Å². The maximum Gasteiger partial charge on any atom is 0.244 e. The maximum atomic E-state index is 13.0. The van der Waals surface area contributed by atoms with Crippen molar-refractivity contribution in [1.82, 2.24) is 5.43 Å². The van der Waals surface area contributed by atoms with Crippen molar-refractivity contribution in [3.05, 3.63) is 112 Å². The fraction of sp³-hybridized carbons (Fsp3) is 0.0769. The number of amides is 1. The minimum absolute atomic E-state index is 0.112. The summed E-state index contributed by atoms with van der Waals surface area (Å²) >= 11 is 3.46. The smallest absolute Gasteiger partial charge is 0.244 e. The molecule has 0 spiro atoms. The predicted molar refractivity (Wildman–Crippen MR) is 128 cm³/mol. The third-order valence-electron chi connectivity index (χ3n) is 4.91. The SMILES string of the molecule is O=C(Cc1ccc(F)cc1)N/N=C/c1cc(Br)ccc1OCc1cccc2ccccc12. The van der Waals surface area contributed by atoms with Crippen LogP contribution in [0.15, 0.2) is 94.5 Å². The van der Waals surface area contributed by atoms with E-state index < -0.39 is 0 Å². The van der Waals surface area contributed by atoms with Gasteiger partial charge in [0, 0.05) is 10.0 Å². The first-order chi connectivity index (χ1) is 15.6. The summed E-state index contributed by atoms with van der Waals surface area (Å²) in [7, 11) is 0. The first-order valence-corrected chi connectivity index (χ1v) is 10.8. The molecule has 0 bridgehead atoms. The molecule has 4 aromatic carbocycles. The monoisotopic (exact) mass is 490 g/mol. The van der Waals surface area contributed by atoms with Crippen LogP contribution in [-0.2, 0) is 17.8 Å². The van der Waals surface area contributed by atoms with Crippen molar-refractivity contribution in [3.63, 3.8) is 0 Å². The van der Waals surface area contributed by atoms with E-state index in [0.717, 1.165) is 26.4 Å². The van der Waals surface area contributed by atoms with Crippen LogP contribution in [-0.4, -0.2) is 12.1 Å². The van der Waals surface area contributed by atoms with Crippen LogP contribution in [0.4, 0.5) is 4.39 Å². The molecule has 32 heavy (non-hydrogen) atoms. The molecule has 0 unspecified atom stereocenters. The van der Waals surface area contributed by atoms with Crippen LogP contribution >= 0.6 is 15.9 Å². The Morgan fingerprint density at radius 3 is 2.62 bits per heavy atom. The Labute approximate surface area is 193 Å². The summed E-state index contributed by atoms with van der Waals surface area (Å²) in [5.41, 5.74) is 5.02. The van der Waals surface area contributed by atoms with Crippen LogP contribution < -0.4 is 10.2 Å². The molecule has 4 rings (SSSR count). The van der Waals surface area contributed by atoms with Gasteiger partial charge in [0.05, 0.1) is 12.6 Å². The number of nitrogens with one attached hydrogen (secondary N) is 1. The number of hydrazone groups is 1. The van der Waals surface area contributed by atoms with Crippen molar-refractivity contribution >= 4 is 38.8 Å². The molecule has 0 atom stereocenters. The van der Waals surface area contributed by atoms with E-state index in [4.69, 9.17) is 4.74 Å². The van der Waals surface area contributed by atoms with Gasteiger partial charge in [-0.1, -0.05) is 70.5 Å². The van der Waals surface area contributed by atoms with Crippen LogP contribution in [0.5, 0.6) is 5.75 Å². The lowest BCUT2D eigenvalue weighted by molar-refractivity contribution is -0.120. The normalized spacial score (nSPS) is 11.1. The lowest BCUT2D eigenvalue weighted by Crippen LogP contribution is -2.19. The van der Waals surface area contributed by atoms with Crippen molar-refractivity contribution in [2.75, 3.05) is 0 Å². The molecule has 0 aliphatic heterocycles. The van der Waals surface area contributed by atoms with E-state index in [1.165, 1.54) is 12.1 Å². The van der Waals surface area contributed by atoms with Gasteiger partial charge in [-0.15, -0.1) is 0 Å². The molecule has 0 aromatic heterocycles. The Hall–Kier alpha value is -3.51. The average molecular weight is 491 g/mol. The summed E-state index contributed by atoms with van der Waals surface area (Å²) in [5.74, 6) is 0.0246. The van der Waals surface area contributed by atoms with Gasteiger partial charge in [-0.2, -0.15) is 5.10 Å². The zero-order chi connectivity index (χ0) is 22.3. The molecular formula is C26H20BrFN2O2. The summed E-state index contributed by atoms with van der Waals surface area (Å²) < 4.78 is 20.0. The largest absolute Gasteiger partial charge is 0.488 e. The van der Waals surface area contributed by atoms with Crippen LogP contribution in [0.2, 0.25) is 0 Å². The average Bonchev–Trinajstić information content (AvgIpc) is 2.80. The summed E-state index contributed by atoms with van der Waals surface area (Å²) in [5, 5.41) is 6.37. The van der Waals surface area contributed by atoms with E-state index in [2.05, 4.69) is 44.7 Å². The van der Waals surface area contributed by atoms with Gasteiger partial charge in [0.25, 0.3) is 0 Å². The number of carbonyl (C=O) groups excluding carboxylic acids is 1. The molecule has 0 heterocycles. The van der Waals surface area contributed by atoms with E-state index in [9.17, 15) is 9.18 Å². The molecule has 0 fully saturated rings. The second-order valence-corrected chi connectivity index (χ2v) is 8.12. The number of hydrogen-bond acceptors (Lipinski definition) is 3. The molecule has 0 saturated heterocycles. The second-order valence-electron chi connectivity index (χ2n) is 7.21. The molecule has 1 N–H and O–H groups in total. The highest BCUT2D eigenvalue weighted by atomic mass is 79.9. The van der Waals surface area contributed by atoms with Crippen molar-refractivity contribution < 1.29 is 13.9 Å². The van der Waals surface area contributed by atoms with E-state index >= 15 is 0 Å². The highest BCUT2D eigenvalue weighted by Gasteiger charge is 2.07. The molecule has 0 radical (unpaired) electrons. The van der Waals surface area contributed by atoms with Gasteiger partial charge in [-0.25, -0.2) is 9.82 Å². The van der Waals surface area contributed by atoms with Crippen molar-refractivity contribution in [2.24, 2.45) is 5.10 Å². The van der Waals surface area contributed by atoms with Crippen molar-refractivity contribution in [1.29, 1.82) is 0 Å². The number of rotatable bonds is 7. The van der Waals surface area contributed by atoms with Gasteiger partial charge < -0.3 is 4.74 Å². The molecule has 6 heteroatoms. The van der Waals surface area contributed by atoms with Crippen molar-refractivity contribution in [2.45, 2.75) is 13.0 Å². The fourth-order valence-electron chi connectivity index (χ4n) is 3.33. The highest BCUT2D eigenvalue weighted by molar-refractivity contribution is 9.10. The van der Waals surface area contributed by atoms with E-state index in [1.807, 2.05) is 42.5 Å². The number of nitrogens with zero attached hydrogens (tertiary/aromatic N) is 1. The summed E-state index contributed by atoms with van der Waals surface area (Å²) in [4.78, 5) is 12.1. The highest BCUT2D eigenvalue weighted by Crippen LogP contribution is 2.25. The van der Waals surface area contributed by atoms with Gasteiger partial charge in [-0.05, 0) is 52.2 Å². The van der Waals surface area contributed by atoms with Gasteiger partial charge in [-0.3, -0.25) is 4.79 Å². The second kappa shape index (κ2) is 10.2. The van der Waals surface area contributed by atoms with E-state index in [1.54, 1.807) is 18.3 Å². The Kier molecular flexibility index (Phi) is 6.92. The maximum absolute atomic E-state index is 13.0. The minimum atomic E-state index is -0.335. The Morgan fingerprint density at radius 1 is 1.00 bits per heavy atom. The quantitative estimate of drug-likeness (QED) is 0.254. The molecule has 1 amide bonds. The van der Waals surface area contributed by atoms with Gasteiger partial charge in [0.1, 0.15) is 18.2 Å².